The number of anilines is 3. The molecule has 0 saturated carbocycles. The maximum atomic E-state index is 12.3. The molecule has 4 aromatic rings. The van der Waals surface area contributed by atoms with Crippen LogP contribution in [-0.2, 0) is 5.41 Å². The van der Waals surface area contributed by atoms with Crippen LogP contribution in [0.1, 0.15) is 26.5 Å². The van der Waals surface area contributed by atoms with Crippen LogP contribution in [0.15, 0.2) is 53.1 Å². The molecular formula is C22H22N6O5. The van der Waals surface area contributed by atoms with Crippen LogP contribution in [0.5, 0.6) is 11.5 Å². The molecule has 33 heavy (non-hydrogen) atoms. The van der Waals surface area contributed by atoms with Crippen molar-refractivity contribution in [2.75, 3.05) is 16.0 Å². The smallest absolute Gasteiger partial charge is 0.411 e. The third-order valence-electron chi connectivity index (χ3n) is 4.50. The van der Waals surface area contributed by atoms with Crippen LogP contribution in [0.2, 0.25) is 0 Å². The number of nitrogens with zero attached hydrogens (tertiary/aromatic N) is 2. The van der Waals surface area contributed by atoms with E-state index in [0.717, 1.165) is 0 Å². The number of amides is 3. The van der Waals surface area contributed by atoms with Gasteiger partial charge in [-0.05, 0) is 24.3 Å². The summed E-state index contributed by atoms with van der Waals surface area (Å²) in [5.41, 5.74) is 1.48. The Morgan fingerprint density at radius 2 is 1.82 bits per heavy atom. The largest absolute Gasteiger partial charge is 0.465 e. The van der Waals surface area contributed by atoms with Crippen molar-refractivity contribution in [3.05, 3.63) is 54.3 Å². The Balaban J connectivity index is 1.41. The Kier molecular flexibility index (Phi) is 5.61. The third kappa shape index (κ3) is 5.39. The number of rotatable bonds is 5. The summed E-state index contributed by atoms with van der Waals surface area (Å²) < 4.78 is 11.1. The molecule has 0 aliphatic rings. The quantitative estimate of drug-likeness (QED) is 0.274. The van der Waals surface area contributed by atoms with Gasteiger partial charge in [-0.15, -0.1) is 0 Å². The Morgan fingerprint density at radius 1 is 1.03 bits per heavy atom. The van der Waals surface area contributed by atoms with Gasteiger partial charge in [-0.3, -0.25) is 10.6 Å². The molecule has 0 aliphatic carbocycles. The van der Waals surface area contributed by atoms with E-state index in [9.17, 15) is 9.59 Å². The molecule has 0 spiro atoms. The fourth-order valence-corrected chi connectivity index (χ4v) is 2.95. The van der Waals surface area contributed by atoms with Gasteiger partial charge in [-0.1, -0.05) is 32.0 Å². The zero-order chi connectivity index (χ0) is 23.6. The van der Waals surface area contributed by atoms with E-state index in [2.05, 4.69) is 31.1 Å². The molecule has 2 heterocycles. The number of carboxylic acid groups (broad SMARTS) is 1. The number of nitrogens with one attached hydrogen (secondary N) is 4. The van der Waals surface area contributed by atoms with Crippen molar-refractivity contribution < 1.29 is 24.0 Å². The third-order valence-corrected chi connectivity index (χ3v) is 4.50. The van der Waals surface area contributed by atoms with Crippen LogP contribution in [0.3, 0.4) is 0 Å². The van der Waals surface area contributed by atoms with Gasteiger partial charge in [0.25, 0.3) is 0 Å². The highest BCUT2D eigenvalue weighted by Gasteiger charge is 2.20. The summed E-state index contributed by atoms with van der Waals surface area (Å²) in [6.45, 7) is 5.95. The van der Waals surface area contributed by atoms with Gasteiger partial charge in [0.15, 0.2) is 5.82 Å². The van der Waals surface area contributed by atoms with Crippen molar-refractivity contribution in [2.45, 2.75) is 26.2 Å². The minimum Gasteiger partial charge on any atom is -0.465 e. The number of urea groups is 1. The molecular weight excluding hydrogens is 428 g/mol. The molecule has 0 bridgehead atoms. The molecule has 11 heteroatoms. The average molecular weight is 450 g/mol. The first-order valence-electron chi connectivity index (χ1n) is 9.98. The van der Waals surface area contributed by atoms with E-state index in [0.29, 0.717) is 39.8 Å². The Labute approximate surface area is 188 Å². The molecule has 2 aromatic heterocycles. The number of imidazole rings is 1. The van der Waals surface area contributed by atoms with E-state index in [1.165, 1.54) is 0 Å². The number of carbonyl (C=O) groups is 2. The van der Waals surface area contributed by atoms with Crippen molar-refractivity contribution in [2.24, 2.45) is 0 Å². The number of hydrogen-bond donors (Lipinski definition) is 5. The molecule has 0 atom stereocenters. The minimum absolute atomic E-state index is 0.119. The van der Waals surface area contributed by atoms with E-state index in [-0.39, 0.29) is 11.4 Å². The first-order chi connectivity index (χ1) is 15.7. The molecule has 5 N–H and O–H groups in total. The lowest BCUT2D eigenvalue weighted by molar-refractivity contribution is 0.209. The number of aromatic amines is 1. The summed E-state index contributed by atoms with van der Waals surface area (Å²) >= 11 is 0. The van der Waals surface area contributed by atoms with Crippen LogP contribution >= 0.6 is 0 Å². The molecule has 2 aromatic carbocycles. The Bertz CT molecular complexity index is 1320. The van der Waals surface area contributed by atoms with Crippen LogP contribution in [0.4, 0.5) is 27.0 Å². The highest BCUT2D eigenvalue weighted by Crippen LogP contribution is 2.28. The van der Waals surface area contributed by atoms with Gasteiger partial charge >= 0.3 is 12.1 Å². The lowest BCUT2D eigenvalue weighted by Gasteiger charge is -2.12. The lowest BCUT2D eigenvalue weighted by atomic mass is 9.93. The molecule has 0 aliphatic heterocycles. The van der Waals surface area contributed by atoms with Gasteiger partial charge in [0.1, 0.15) is 17.3 Å². The molecule has 11 nitrogen and oxygen atoms in total. The standard InChI is InChI=1S/C22H22N6O5/c1-22(2,3)17-11-18(28-33-17)26-20(29)23-12-5-4-6-13(9-12)32-14-7-8-15-16(10-14)25-19(24-15)27-21(30)31/h4-11H,1-3H3,(H,30,31)(H2,24,25,27)(H2,23,26,28,29). The first kappa shape index (κ1) is 21.7. The number of fused-ring (bicyclic) bond motifs is 1. The van der Waals surface area contributed by atoms with Gasteiger partial charge < -0.3 is 24.7 Å². The van der Waals surface area contributed by atoms with Crippen molar-refractivity contribution in [3.63, 3.8) is 0 Å². The second kappa shape index (κ2) is 8.54. The van der Waals surface area contributed by atoms with Gasteiger partial charge in [-0.25, -0.2) is 14.6 Å². The second-order valence-corrected chi connectivity index (χ2v) is 8.23. The summed E-state index contributed by atoms with van der Waals surface area (Å²) in [5.74, 6) is 2.09. The van der Waals surface area contributed by atoms with Crippen molar-refractivity contribution in [1.82, 2.24) is 15.1 Å². The van der Waals surface area contributed by atoms with Crippen LogP contribution in [0.25, 0.3) is 11.0 Å². The summed E-state index contributed by atoms with van der Waals surface area (Å²) in [5, 5.41) is 20.2. The summed E-state index contributed by atoms with van der Waals surface area (Å²) in [7, 11) is 0. The summed E-state index contributed by atoms with van der Waals surface area (Å²) in [6, 6.07) is 13.2. The number of aromatic nitrogens is 3. The number of benzene rings is 2. The van der Waals surface area contributed by atoms with Crippen LogP contribution in [0, 0.1) is 0 Å². The number of ether oxygens (including phenoxy) is 1. The zero-order valence-electron chi connectivity index (χ0n) is 18.1. The van der Waals surface area contributed by atoms with Gasteiger partial charge in [0.2, 0.25) is 5.95 Å². The molecule has 0 fully saturated rings. The van der Waals surface area contributed by atoms with Gasteiger partial charge in [0, 0.05) is 29.3 Å². The predicted molar refractivity (Wildman–Crippen MR) is 122 cm³/mol. The molecule has 3 amide bonds. The maximum absolute atomic E-state index is 12.3. The normalized spacial score (nSPS) is 11.2. The predicted octanol–water partition coefficient (Wildman–Crippen LogP) is 5.37. The van der Waals surface area contributed by atoms with Crippen molar-refractivity contribution in [1.29, 1.82) is 0 Å². The Hall–Kier alpha value is -4.54. The Morgan fingerprint density at radius 3 is 2.55 bits per heavy atom. The fourth-order valence-electron chi connectivity index (χ4n) is 2.95. The molecule has 170 valence electrons. The summed E-state index contributed by atoms with van der Waals surface area (Å²) in [4.78, 5) is 30.1. The molecule has 0 saturated heterocycles. The van der Waals surface area contributed by atoms with E-state index in [1.54, 1.807) is 48.5 Å². The van der Waals surface area contributed by atoms with E-state index >= 15 is 0 Å². The molecule has 4 rings (SSSR count). The lowest BCUT2D eigenvalue weighted by Crippen LogP contribution is -2.19. The average Bonchev–Trinajstić information content (AvgIpc) is 3.33. The second-order valence-electron chi connectivity index (χ2n) is 8.23. The SMILES string of the molecule is CC(C)(C)c1cc(NC(=O)Nc2cccc(Oc3ccc4nc(NC(=O)O)[nH]c4c3)c2)no1. The van der Waals surface area contributed by atoms with Crippen molar-refractivity contribution >= 4 is 40.6 Å². The highest BCUT2D eigenvalue weighted by molar-refractivity contribution is 5.99. The highest BCUT2D eigenvalue weighted by atomic mass is 16.5. The maximum Gasteiger partial charge on any atom is 0.411 e. The number of hydrogen-bond acceptors (Lipinski definition) is 6. The number of H-pyrrole nitrogens is 1. The molecule has 0 radical (unpaired) electrons. The van der Waals surface area contributed by atoms with E-state index < -0.39 is 12.1 Å². The fraction of sp³-hybridized carbons (Fsp3) is 0.182. The molecule has 0 unspecified atom stereocenters. The van der Waals surface area contributed by atoms with E-state index in [1.807, 2.05) is 20.8 Å². The topological polar surface area (TPSA) is 154 Å². The van der Waals surface area contributed by atoms with Crippen LogP contribution in [-0.4, -0.2) is 32.4 Å². The monoisotopic (exact) mass is 450 g/mol. The van der Waals surface area contributed by atoms with E-state index in [4.69, 9.17) is 14.4 Å². The number of carbonyl (C=O) groups excluding carboxylic acids is 1. The summed E-state index contributed by atoms with van der Waals surface area (Å²) in [6.07, 6.45) is -1.21. The first-order valence-corrected chi connectivity index (χ1v) is 9.98. The van der Waals surface area contributed by atoms with Gasteiger partial charge in [0.05, 0.1) is 11.0 Å². The van der Waals surface area contributed by atoms with Crippen molar-refractivity contribution in [3.8, 4) is 11.5 Å². The zero-order valence-corrected chi connectivity index (χ0v) is 18.1. The van der Waals surface area contributed by atoms with Gasteiger partial charge in [-0.2, -0.15) is 0 Å². The minimum atomic E-state index is -1.21. The van der Waals surface area contributed by atoms with Crippen LogP contribution < -0.4 is 20.7 Å².